The van der Waals surface area contributed by atoms with Gasteiger partial charge >= 0.3 is 5.97 Å². The average molecular weight is 128 g/mol. The van der Waals surface area contributed by atoms with E-state index >= 15 is 0 Å². The first kappa shape index (κ1) is 6.29. The van der Waals surface area contributed by atoms with Crippen molar-refractivity contribution in [1.29, 1.82) is 0 Å². The van der Waals surface area contributed by atoms with Gasteiger partial charge in [0.2, 0.25) is 0 Å². The first-order valence-corrected chi connectivity index (χ1v) is 2.80. The lowest BCUT2D eigenvalue weighted by Gasteiger charge is -1.92. The van der Waals surface area contributed by atoms with E-state index in [1.54, 1.807) is 0 Å². The average Bonchev–Trinajstić information content (AvgIpc) is 2.17. The van der Waals surface area contributed by atoms with Gasteiger partial charge in [-0.05, 0) is 12.0 Å². The highest BCUT2D eigenvalue weighted by Crippen LogP contribution is 2.08. The highest BCUT2D eigenvalue weighted by atomic mass is 16.5. The van der Waals surface area contributed by atoms with Crippen molar-refractivity contribution in [3.05, 3.63) is 11.6 Å². The van der Waals surface area contributed by atoms with Crippen LogP contribution in [0.15, 0.2) is 11.6 Å². The molecule has 0 atom stereocenters. The quantitative estimate of drug-likeness (QED) is 0.526. The molecule has 0 saturated carbocycles. The Labute approximate surface area is 52.9 Å². The number of aliphatic hydroxyl groups excluding tert-OH is 1. The lowest BCUT2D eigenvalue weighted by molar-refractivity contribution is -0.134. The summed E-state index contributed by atoms with van der Waals surface area (Å²) in [6.07, 6.45) is 1.97. The molecule has 1 heterocycles. The third-order valence-corrected chi connectivity index (χ3v) is 1.15. The minimum atomic E-state index is -0.293. The normalized spacial score (nSPS) is 17.4. The van der Waals surface area contributed by atoms with E-state index in [9.17, 15) is 4.79 Å². The number of carbonyl (C=O) groups excluding carboxylic acids is 1. The molecule has 3 nitrogen and oxygen atoms in total. The van der Waals surface area contributed by atoms with Crippen LogP contribution < -0.4 is 0 Å². The fourth-order valence-corrected chi connectivity index (χ4v) is 0.702. The van der Waals surface area contributed by atoms with Gasteiger partial charge in [0.1, 0.15) is 6.61 Å². The first-order chi connectivity index (χ1) is 4.33. The monoisotopic (exact) mass is 128 g/mol. The number of hydrogen-bond acceptors (Lipinski definition) is 3. The zero-order valence-electron chi connectivity index (χ0n) is 4.96. The molecule has 0 aromatic heterocycles. The second-order valence-corrected chi connectivity index (χ2v) is 1.88. The van der Waals surface area contributed by atoms with Gasteiger partial charge in [0.05, 0.1) is 0 Å². The molecule has 1 aliphatic rings. The van der Waals surface area contributed by atoms with Crippen LogP contribution in [-0.2, 0) is 9.53 Å². The molecule has 0 amide bonds. The number of cyclic esters (lactones) is 1. The number of carbonyl (C=O) groups is 1. The zero-order chi connectivity index (χ0) is 6.69. The summed E-state index contributed by atoms with van der Waals surface area (Å²) in [5.41, 5.74) is 0.877. The van der Waals surface area contributed by atoms with Gasteiger partial charge in [-0.15, -0.1) is 0 Å². The van der Waals surface area contributed by atoms with Crippen molar-refractivity contribution in [3.8, 4) is 0 Å². The number of aliphatic hydroxyl groups is 1. The molecule has 3 heteroatoms. The van der Waals surface area contributed by atoms with Crippen molar-refractivity contribution in [2.24, 2.45) is 0 Å². The third kappa shape index (κ3) is 1.54. The molecule has 0 fully saturated rings. The van der Waals surface area contributed by atoms with E-state index in [-0.39, 0.29) is 12.6 Å². The third-order valence-electron chi connectivity index (χ3n) is 1.15. The lowest BCUT2D eigenvalue weighted by atomic mass is 10.2. The molecule has 1 rings (SSSR count). The highest BCUT2D eigenvalue weighted by Gasteiger charge is 2.10. The van der Waals surface area contributed by atoms with Crippen LogP contribution in [-0.4, -0.2) is 24.3 Å². The van der Waals surface area contributed by atoms with Crippen molar-refractivity contribution in [2.75, 3.05) is 13.2 Å². The number of hydrogen-bond donors (Lipinski definition) is 1. The van der Waals surface area contributed by atoms with Crippen LogP contribution in [0.25, 0.3) is 0 Å². The molecule has 0 aromatic carbocycles. The molecule has 50 valence electrons. The minimum absolute atomic E-state index is 0.0858. The largest absolute Gasteiger partial charge is 0.458 e. The van der Waals surface area contributed by atoms with Gasteiger partial charge in [-0.2, -0.15) is 0 Å². The molecular weight excluding hydrogens is 120 g/mol. The van der Waals surface area contributed by atoms with Crippen LogP contribution in [0.4, 0.5) is 0 Å². The minimum Gasteiger partial charge on any atom is -0.458 e. The summed E-state index contributed by atoms with van der Waals surface area (Å²) in [6.45, 7) is 0.446. The van der Waals surface area contributed by atoms with E-state index in [0.717, 1.165) is 5.57 Å². The Morgan fingerprint density at radius 1 is 1.78 bits per heavy atom. The maximum Gasteiger partial charge on any atom is 0.331 e. The Balaban J connectivity index is 2.42. The van der Waals surface area contributed by atoms with Crippen molar-refractivity contribution >= 4 is 5.97 Å². The summed E-state index contributed by atoms with van der Waals surface area (Å²) < 4.78 is 4.58. The molecule has 0 spiro atoms. The molecular formula is C6H8O3. The predicted octanol–water partition coefficient (Wildman–Crippen LogP) is -0.148. The van der Waals surface area contributed by atoms with Crippen molar-refractivity contribution < 1.29 is 14.6 Å². The Morgan fingerprint density at radius 3 is 3.00 bits per heavy atom. The van der Waals surface area contributed by atoms with E-state index in [1.165, 1.54) is 6.08 Å². The summed E-state index contributed by atoms with van der Waals surface area (Å²) in [5, 5.41) is 8.41. The van der Waals surface area contributed by atoms with E-state index in [4.69, 9.17) is 5.11 Å². The summed E-state index contributed by atoms with van der Waals surface area (Å²) in [5.74, 6) is -0.293. The van der Waals surface area contributed by atoms with Gasteiger partial charge in [-0.1, -0.05) is 0 Å². The first-order valence-electron chi connectivity index (χ1n) is 2.80. The van der Waals surface area contributed by atoms with Crippen LogP contribution in [0.3, 0.4) is 0 Å². The van der Waals surface area contributed by atoms with Crippen molar-refractivity contribution in [3.63, 3.8) is 0 Å². The molecule has 1 N–H and O–H groups in total. The highest BCUT2D eigenvalue weighted by molar-refractivity contribution is 5.85. The smallest absolute Gasteiger partial charge is 0.331 e. The van der Waals surface area contributed by atoms with Gasteiger partial charge in [-0.25, -0.2) is 4.79 Å². The van der Waals surface area contributed by atoms with Crippen molar-refractivity contribution in [1.82, 2.24) is 0 Å². The van der Waals surface area contributed by atoms with Gasteiger partial charge < -0.3 is 9.84 Å². The SMILES string of the molecule is O=C1C=C(CCO)CO1. The van der Waals surface area contributed by atoms with Crippen LogP contribution >= 0.6 is 0 Å². The summed E-state index contributed by atoms with van der Waals surface area (Å²) >= 11 is 0. The van der Waals surface area contributed by atoms with Crippen LogP contribution in [0.5, 0.6) is 0 Å². The summed E-state index contributed by atoms with van der Waals surface area (Å²) in [4.78, 5) is 10.3. The number of rotatable bonds is 2. The van der Waals surface area contributed by atoms with E-state index < -0.39 is 0 Å². The maximum atomic E-state index is 10.3. The topological polar surface area (TPSA) is 46.5 Å². The van der Waals surface area contributed by atoms with E-state index in [1.807, 2.05) is 0 Å². The van der Waals surface area contributed by atoms with Gasteiger partial charge in [0, 0.05) is 12.7 Å². The van der Waals surface area contributed by atoms with Crippen molar-refractivity contribution in [2.45, 2.75) is 6.42 Å². The van der Waals surface area contributed by atoms with Crippen LogP contribution in [0.1, 0.15) is 6.42 Å². The van der Waals surface area contributed by atoms with Gasteiger partial charge in [0.15, 0.2) is 0 Å². The van der Waals surface area contributed by atoms with Crippen LogP contribution in [0, 0.1) is 0 Å². The Morgan fingerprint density at radius 2 is 2.56 bits per heavy atom. The summed E-state index contributed by atoms with van der Waals surface area (Å²) in [6, 6.07) is 0. The molecule has 0 aliphatic carbocycles. The molecule has 9 heavy (non-hydrogen) atoms. The lowest BCUT2D eigenvalue weighted by Crippen LogP contribution is -1.92. The molecule has 0 bridgehead atoms. The fourth-order valence-electron chi connectivity index (χ4n) is 0.702. The molecule has 0 radical (unpaired) electrons. The van der Waals surface area contributed by atoms with Gasteiger partial charge in [-0.3, -0.25) is 0 Å². The second-order valence-electron chi connectivity index (χ2n) is 1.88. The summed E-state index contributed by atoms with van der Waals surface area (Å²) in [7, 11) is 0. The van der Waals surface area contributed by atoms with Crippen LogP contribution in [0.2, 0.25) is 0 Å². The maximum absolute atomic E-state index is 10.3. The molecule has 0 unspecified atom stereocenters. The fraction of sp³-hybridized carbons (Fsp3) is 0.500. The molecule has 0 saturated heterocycles. The van der Waals surface area contributed by atoms with E-state index in [2.05, 4.69) is 4.74 Å². The Bertz CT molecular complexity index is 148. The van der Waals surface area contributed by atoms with Gasteiger partial charge in [0.25, 0.3) is 0 Å². The van der Waals surface area contributed by atoms with E-state index in [0.29, 0.717) is 13.0 Å². The number of ether oxygens (including phenoxy) is 1. The Kier molecular flexibility index (Phi) is 1.85. The zero-order valence-corrected chi connectivity index (χ0v) is 4.96. The molecule has 1 aliphatic heterocycles. The standard InChI is InChI=1S/C6H8O3/c7-2-1-5-3-6(8)9-4-5/h3,7H,1-2,4H2. The second kappa shape index (κ2) is 2.64. The molecule has 0 aromatic rings. The Hall–Kier alpha value is -0.830. The predicted molar refractivity (Wildman–Crippen MR) is 30.7 cm³/mol. The number of esters is 1.